The largest absolute Gasteiger partial charge is 0.508 e. The molecule has 0 saturated carbocycles. The van der Waals surface area contributed by atoms with Gasteiger partial charge in [-0.2, -0.15) is 0 Å². The lowest BCUT2D eigenvalue weighted by molar-refractivity contribution is -0.107. The number of aryl methyl sites for hydroxylation is 1. The number of hydrogen-bond acceptors (Lipinski definition) is 2. The number of phenolic OH excluding ortho intramolecular Hbond substituents is 1. The standard InChI is InChI=1S/C10H11BrO2/c11-9-4-5-10(13)8(7-9)3-1-2-6-12/h4-7,13H,1-3H2. The average molecular weight is 243 g/mol. The third kappa shape index (κ3) is 3.19. The van der Waals surface area contributed by atoms with Crippen LogP contribution in [0.3, 0.4) is 0 Å². The minimum absolute atomic E-state index is 0.300. The summed E-state index contributed by atoms with van der Waals surface area (Å²) in [6.45, 7) is 0. The molecule has 0 radical (unpaired) electrons. The number of benzene rings is 1. The third-order valence-electron chi connectivity index (χ3n) is 1.81. The number of hydrogen-bond donors (Lipinski definition) is 1. The number of unbranched alkanes of at least 4 members (excludes halogenated alkanes) is 1. The fourth-order valence-electron chi connectivity index (χ4n) is 1.13. The van der Waals surface area contributed by atoms with Crippen LogP contribution in [0.5, 0.6) is 5.75 Å². The summed E-state index contributed by atoms with van der Waals surface area (Å²) in [4.78, 5) is 10.1. The molecule has 0 unspecified atom stereocenters. The van der Waals surface area contributed by atoms with Crippen LogP contribution < -0.4 is 0 Å². The van der Waals surface area contributed by atoms with Gasteiger partial charge in [0.25, 0.3) is 0 Å². The van der Waals surface area contributed by atoms with Crippen LogP contribution in [0, 0.1) is 0 Å². The van der Waals surface area contributed by atoms with E-state index in [-0.39, 0.29) is 0 Å². The summed E-state index contributed by atoms with van der Waals surface area (Å²) in [5, 5.41) is 9.43. The van der Waals surface area contributed by atoms with Crippen molar-refractivity contribution in [2.45, 2.75) is 19.3 Å². The summed E-state index contributed by atoms with van der Waals surface area (Å²) < 4.78 is 0.950. The summed E-state index contributed by atoms with van der Waals surface area (Å²) >= 11 is 3.32. The van der Waals surface area contributed by atoms with Gasteiger partial charge >= 0.3 is 0 Å². The van der Waals surface area contributed by atoms with Gasteiger partial charge in [-0.3, -0.25) is 0 Å². The first kappa shape index (κ1) is 10.3. The summed E-state index contributed by atoms with van der Waals surface area (Å²) in [7, 11) is 0. The van der Waals surface area contributed by atoms with Gasteiger partial charge < -0.3 is 9.90 Å². The molecule has 0 fully saturated rings. The third-order valence-corrected chi connectivity index (χ3v) is 2.30. The Hall–Kier alpha value is -0.830. The Labute approximate surface area is 85.7 Å². The maximum absolute atomic E-state index is 10.1. The van der Waals surface area contributed by atoms with Crippen molar-refractivity contribution in [1.29, 1.82) is 0 Å². The molecule has 1 N–H and O–H groups in total. The summed E-state index contributed by atoms with van der Waals surface area (Å²) in [5.41, 5.74) is 0.885. The van der Waals surface area contributed by atoms with E-state index in [9.17, 15) is 9.90 Å². The van der Waals surface area contributed by atoms with Crippen molar-refractivity contribution in [3.05, 3.63) is 28.2 Å². The maximum Gasteiger partial charge on any atom is 0.120 e. The second kappa shape index (κ2) is 5.02. The number of carbonyl (C=O) groups excluding carboxylic acids is 1. The van der Waals surface area contributed by atoms with E-state index in [2.05, 4.69) is 15.9 Å². The molecule has 0 spiro atoms. The molecule has 0 aliphatic heterocycles. The SMILES string of the molecule is O=CCCCc1cc(Br)ccc1O. The molecule has 3 heteroatoms. The van der Waals surface area contributed by atoms with Gasteiger partial charge in [-0.1, -0.05) is 15.9 Å². The van der Waals surface area contributed by atoms with E-state index in [1.54, 1.807) is 12.1 Å². The second-order valence-electron chi connectivity index (χ2n) is 2.83. The molecule has 0 aromatic heterocycles. The minimum Gasteiger partial charge on any atom is -0.508 e. The van der Waals surface area contributed by atoms with Crippen LogP contribution in [0.15, 0.2) is 22.7 Å². The van der Waals surface area contributed by atoms with Gasteiger partial charge in [0, 0.05) is 10.9 Å². The molecule has 2 nitrogen and oxygen atoms in total. The molecule has 70 valence electrons. The van der Waals surface area contributed by atoms with E-state index in [1.165, 1.54) is 0 Å². The zero-order chi connectivity index (χ0) is 9.68. The van der Waals surface area contributed by atoms with Gasteiger partial charge in [-0.25, -0.2) is 0 Å². The maximum atomic E-state index is 10.1. The number of phenols is 1. The Morgan fingerprint density at radius 3 is 2.92 bits per heavy atom. The fourth-order valence-corrected chi connectivity index (χ4v) is 1.54. The molecule has 1 rings (SSSR count). The van der Waals surface area contributed by atoms with Gasteiger partial charge in [0.15, 0.2) is 0 Å². The highest BCUT2D eigenvalue weighted by atomic mass is 79.9. The van der Waals surface area contributed by atoms with Crippen LogP contribution in [0.25, 0.3) is 0 Å². The normalized spacial score (nSPS) is 9.92. The van der Waals surface area contributed by atoms with Crippen molar-refractivity contribution < 1.29 is 9.90 Å². The van der Waals surface area contributed by atoms with E-state index >= 15 is 0 Å². The molecule has 0 aliphatic rings. The first-order valence-electron chi connectivity index (χ1n) is 4.15. The number of rotatable bonds is 4. The monoisotopic (exact) mass is 242 g/mol. The predicted molar refractivity (Wildman–Crippen MR) is 54.8 cm³/mol. The number of carbonyl (C=O) groups is 1. The lowest BCUT2D eigenvalue weighted by atomic mass is 10.1. The van der Waals surface area contributed by atoms with E-state index in [1.807, 2.05) is 6.07 Å². The summed E-state index contributed by atoms with van der Waals surface area (Å²) in [5.74, 6) is 0.300. The lowest BCUT2D eigenvalue weighted by Crippen LogP contribution is -1.87. The summed E-state index contributed by atoms with van der Waals surface area (Å²) in [6, 6.07) is 5.32. The van der Waals surface area contributed by atoms with E-state index in [0.29, 0.717) is 12.2 Å². The predicted octanol–water partition coefficient (Wildman–Crippen LogP) is 2.68. The molecule has 13 heavy (non-hydrogen) atoms. The second-order valence-corrected chi connectivity index (χ2v) is 3.75. The Balaban J connectivity index is 2.64. The van der Waals surface area contributed by atoms with Crippen molar-refractivity contribution >= 4 is 22.2 Å². The molecule has 0 amide bonds. The molecular weight excluding hydrogens is 232 g/mol. The first-order valence-corrected chi connectivity index (χ1v) is 4.94. The van der Waals surface area contributed by atoms with Crippen LogP contribution in [0.4, 0.5) is 0 Å². The van der Waals surface area contributed by atoms with Crippen molar-refractivity contribution in [3.8, 4) is 5.75 Å². The van der Waals surface area contributed by atoms with Gasteiger partial charge in [0.2, 0.25) is 0 Å². The Bertz CT molecular complexity index is 297. The molecule has 0 atom stereocenters. The van der Waals surface area contributed by atoms with Crippen LogP contribution in [0.1, 0.15) is 18.4 Å². The van der Waals surface area contributed by atoms with Gasteiger partial charge in [-0.15, -0.1) is 0 Å². The van der Waals surface area contributed by atoms with Gasteiger partial charge in [0.1, 0.15) is 12.0 Å². The number of aromatic hydroxyl groups is 1. The van der Waals surface area contributed by atoms with Crippen molar-refractivity contribution in [2.24, 2.45) is 0 Å². The van der Waals surface area contributed by atoms with E-state index in [0.717, 1.165) is 29.2 Å². The average Bonchev–Trinajstić information content (AvgIpc) is 2.11. The highest BCUT2D eigenvalue weighted by molar-refractivity contribution is 9.10. The Kier molecular flexibility index (Phi) is 3.96. The fraction of sp³-hybridized carbons (Fsp3) is 0.300. The molecule has 1 aromatic carbocycles. The molecule has 0 heterocycles. The molecule has 0 saturated heterocycles. The van der Waals surface area contributed by atoms with Gasteiger partial charge in [0.05, 0.1) is 0 Å². The zero-order valence-corrected chi connectivity index (χ0v) is 8.75. The summed E-state index contributed by atoms with van der Waals surface area (Å²) in [6.07, 6.45) is 2.97. The molecule has 0 aliphatic carbocycles. The number of aldehydes is 1. The molecular formula is C10H11BrO2. The lowest BCUT2D eigenvalue weighted by Gasteiger charge is -2.03. The van der Waals surface area contributed by atoms with Crippen LogP contribution >= 0.6 is 15.9 Å². The van der Waals surface area contributed by atoms with Crippen molar-refractivity contribution in [1.82, 2.24) is 0 Å². The first-order chi connectivity index (χ1) is 6.24. The molecule has 0 bridgehead atoms. The van der Waals surface area contributed by atoms with Gasteiger partial charge in [-0.05, 0) is 36.6 Å². The Morgan fingerprint density at radius 2 is 2.23 bits per heavy atom. The van der Waals surface area contributed by atoms with E-state index < -0.39 is 0 Å². The quantitative estimate of drug-likeness (QED) is 0.652. The number of halogens is 1. The highest BCUT2D eigenvalue weighted by Crippen LogP contribution is 2.23. The van der Waals surface area contributed by atoms with Crippen molar-refractivity contribution in [3.63, 3.8) is 0 Å². The van der Waals surface area contributed by atoms with Crippen molar-refractivity contribution in [2.75, 3.05) is 0 Å². The highest BCUT2D eigenvalue weighted by Gasteiger charge is 2.00. The minimum atomic E-state index is 0.300. The Morgan fingerprint density at radius 1 is 1.46 bits per heavy atom. The molecule has 1 aromatic rings. The van der Waals surface area contributed by atoms with Crippen LogP contribution in [-0.2, 0) is 11.2 Å². The smallest absolute Gasteiger partial charge is 0.120 e. The van der Waals surface area contributed by atoms with E-state index in [4.69, 9.17) is 0 Å². The zero-order valence-electron chi connectivity index (χ0n) is 7.16. The van der Waals surface area contributed by atoms with Crippen LogP contribution in [-0.4, -0.2) is 11.4 Å². The van der Waals surface area contributed by atoms with Crippen LogP contribution in [0.2, 0.25) is 0 Å². The topological polar surface area (TPSA) is 37.3 Å².